The number of amides is 1. The van der Waals surface area contributed by atoms with Crippen LogP contribution < -0.4 is 10.9 Å². The third-order valence-electron chi connectivity index (χ3n) is 2.75. The number of anilines is 1. The van der Waals surface area contributed by atoms with Gasteiger partial charge in [0.25, 0.3) is 11.6 Å². The van der Waals surface area contributed by atoms with Gasteiger partial charge in [0.1, 0.15) is 0 Å². The summed E-state index contributed by atoms with van der Waals surface area (Å²) in [5.74, 6) is -0.496. The Morgan fingerprint density at radius 3 is 2.67 bits per heavy atom. The maximum absolute atomic E-state index is 12.1. The van der Waals surface area contributed by atoms with Gasteiger partial charge in [-0.15, -0.1) is 0 Å². The molecule has 0 radical (unpaired) electrons. The molecule has 0 saturated heterocycles. The van der Waals surface area contributed by atoms with Crippen molar-refractivity contribution < 1.29 is 9.72 Å². The molecule has 8 heteroatoms. The summed E-state index contributed by atoms with van der Waals surface area (Å²) in [5.41, 5.74) is 0.182. The van der Waals surface area contributed by atoms with Crippen molar-refractivity contribution in [2.45, 2.75) is 0 Å². The summed E-state index contributed by atoms with van der Waals surface area (Å²) < 4.78 is 1.62. The number of aromatic nitrogens is 1. The lowest BCUT2D eigenvalue weighted by Gasteiger charge is -2.07. The molecule has 0 fully saturated rings. The normalized spacial score (nSPS) is 10.2. The molecule has 108 valence electrons. The van der Waals surface area contributed by atoms with Crippen molar-refractivity contribution in [2.75, 3.05) is 5.32 Å². The maximum Gasteiger partial charge on any atom is 0.284 e. The number of carbonyl (C=O) groups excluding carboxylic acids is 1. The number of nitro benzene ring substituents is 1. The highest BCUT2D eigenvalue weighted by Crippen LogP contribution is 2.25. The molecule has 2 aromatic rings. The molecule has 0 bridgehead atoms. The Morgan fingerprint density at radius 1 is 1.33 bits per heavy atom. The fourth-order valence-corrected chi connectivity index (χ4v) is 2.06. The molecule has 0 aliphatic rings. The van der Waals surface area contributed by atoms with E-state index in [1.54, 1.807) is 7.05 Å². The van der Waals surface area contributed by atoms with Gasteiger partial charge in [-0.3, -0.25) is 19.7 Å². The van der Waals surface area contributed by atoms with Gasteiger partial charge in [0, 0.05) is 30.9 Å². The van der Waals surface area contributed by atoms with E-state index < -0.39 is 10.8 Å². The molecule has 21 heavy (non-hydrogen) atoms. The van der Waals surface area contributed by atoms with Crippen molar-refractivity contribution in [1.82, 2.24) is 4.57 Å². The zero-order valence-electron chi connectivity index (χ0n) is 10.9. The van der Waals surface area contributed by atoms with Crippen molar-refractivity contribution in [3.05, 3.63) is 67.0 Å². The molecule has 1 heterocycles. The zero-order valence-corrected chi connectivity index (χ0v) is 12.5. The highest BCUT2D eigenvalue weighted by molar-refractivity contribution is 9.10. The van der Waals surface area contributed by atoms with Crippen LogP contribution in [-0.4, -0.2) is 15.4 Å². The number of pyridine rings is 1. The smallest absolute Gasteiger partial charge is 0.284 e. The molecule has 1 aromatic carbocycles. The quantitative estimate of drug-likeness (QED) is 0.677. The second-order valence-corrected chi connectivity index (χ2v) is 5.10. The van der Waals surface area contributed by atoms with Crippen LogP contribution in [0.2, 0.25) is 0 Å². The number of nitrogens with one attached hydrogen (secondary N) is 1. The molecule has 0 spiro atoms. The van der Waals surface area contributed by atoms with E-state index in [1.165, 1.54) is 41.1 Å². The number of aryl methyl sites for hydroxylation is 1. The minimum Gasteiger partial charge on any atom is -0.321 e. The van der Waals surface area contributed by atoms with Crippen molar-refractivity contribution in [1.29, 1.82) is 0 Å². The van der Waals surface area contributed by atoms with Crippen LogP contribution in [0, 0.1) is 10.1 Å². The number of rotatable bonds is 3. The monoisotopic (exact) mass is 351 g/mol. The van der Waals surface area contributed by atoms with Crippen LogP contribution in [0.5, 0.6) is 0 Å². The third-order valence-corrected chi connectivity index (χ3v) is 3.42. The summed E-state index contributed by atoms with van der Waals surface area (Å²) in [6, 6.07) is 6.87. The van der Waals surface area contributed by atoms with E-state index in [0.29, 0.717) is 10.2 Å². The largest absolute Gasteiger partial charge is 0.321 e. The highest BCUT2D eigenvalue weighted by atomic mass is 79.9. The third kappa shape index (κ3) is 3.34. The average Bonchev–Trinajstić information content (AvgIpc) is 2.43. The second-order valence-electron chi connectivity index (χ2n) is 4.24. The topological polar surface area (TPSA) is 94.2 Å². The van der Waals surface area contributed by atoms with E-state index in [0.717, 1.165) is 0 Å². The predicted octanol–water partition coefficient (Wildman–Crippen LogP) is 2.31. The summed E-state index contributed by atoms with van der Waals surface area (Å²) in [7, 11) is 1.56. The average molecular weight is 352 g/mol. The minimum absolute atomic E-state index is 0.152. The van der Waals surface area contributed by atoms with E-state index in [-0.39, 0.29) is 16.8 Å². The van der Waals surface area contributed by atoms with Gasteiger partial charge < -0.3 is 9.88 Å². The van der Waals surface area contributed by atoms with Crippen molar-refractivity contribution in [3.63, 3.8) is 0 Å². The Labute approximate surface area is 127 Å². The number of halogens is 1. The summed E-state index contributed by atoms with van der Waals surface area (Å²) in [5, 5.41) is 13.4. The molecular formula is C13H10BrN3O4. The van der Waals surface area contributed by atoms with Gasteiger partial charge in [-0.05, 0) is 34.1 Å². The number of benzene rings is 1. The lowest BCUT2D eigenvalue weighted by atomic mass is 10.2. The number of nitro groups is 1. The van der Waals surface area contributed by atoms with E-state index >= 15 is 0 Å². The van der Waals surface area contributed by atoms with Crippen LogP contribution >= 0.6 is 15.9 Å². The first-order valence-electron chi connectivity index (χ1n) is 5.80. The fraction of sp³-hybridized carbons (Fsp3) is 0.0769. The van der Waals surface area contributed by atoms with Gasteiger partial charge >= 0.3 is 0 Å². The van der Waals surface area contributed by atoms with E-state index in [4.69, 9.17) is 0 Å². The lowest BCUT2D eigenvalue weighted by Crippen LogP contribution is -2.18. The van der Waals surface area contributed by atoms with Crippen LogP contribution in [0.1, 0.15) is 10.4 Å². The SMILES string of the molecule is Cn1cc(NC(=O)c2ccc(Br)c([N+](=O)[O-])c2)ccc1=O. The standard InChI is InChI=1S/C13H10BrN3O4/c1-16-7-9(3-5-12(16)18)15-13(19)8-2-4-10(14)11(6-8)17(20)21/h2-7H,1H3,(H,15,19). The Bertz CT molecular complexity index is 785. The van der Waals surface area contributed by atoms with Gasteiger partial charge in [0.2, 0.25) is 5.56 Å². The molecule has 1 aromatic heterocycles. The molecular weight excluding hydrogens is 342 g/mol. The molecule has 0 atom stereocenters. The van der Waals surface area contributed by atoms with Crippen LogP contribution in [0.15, 0.2) is 45.8 Å². The highest BCUT2D eigenvalue weighted by Gasteiger charge is 2.16. The first-order valence-corrected chi connectivity index (χ1v) is 6.60. The number of hydrogen-bond donors (Lipinski definition) is 1. The Kier molecular flexibility index (Phi) is 4.18. The number of carbonyl (C=O) groups is 1. The van der Waals surface area contributed by atoms with Gasteiger partial charge in [0.05, 0.1) is 15.1 Å². The van der Waals surface area contributed by atoms with Gasteiger partial charge in [-0.25, -0.2) is 0 Å². The predicted molar refractivity (Wildman–Crippen MR) is 80.4 cm³/mol. The summed E-state index contributed by atoms with van der Waals surface area (Å²) >= 11 is 3.05. The van der Waals surface area contributed by atoms with E-state index in [1.807, 2.05) is 0 Å². The van der Waals surface area contributed by atoms with Crippen LogP contribution in [-0.2, 0) is 7.05 Å². The van der Waals surface area contributed by atoms with E-state index in [2.05, 4.69) is 21.2 Å². The maximum atomic E-state index is 12.1. The van der Waals surface area contributed by atoms with Crippen LogP contribution in [0.25, 0.3) is 0 Å². The van der Waals surface area contributed by atoms with Crippen molar-refractivity contribution >= 4 is 33.2 Å². The fourth-order valence-electron chi connectivity index (χ4n) is 1.66. The molecule has 0 unspecified atom stereocenters. The molecule has 2 rings (SSSR count). The summed E-state index contributed by atoms with van der Waals surface area (Å²) in [4.78, 5) is 33.6. The summed E-state index contributed by atoms with van der Waals surface area (Å²) in [6.07, 6.45) is 1.47. The molecule has 0 saturated carbocycles. The number of nitrogens with zero attached hydrogens (tertiary/aromatic N) is 2. The Balaban J connectivity index is 2.28. The van der Waals surface area contributed by atoms with Crippen molar-refractivity contribution in [2.24, 2.45) is 7.05 Å². The van der Waals surface area contributed by atoms with Gasteiger partial charge in [0.15, 0.2) is 0 Å². The van der Waals surface area contributed by atoms with Crippen molar-refractivity contribution in [3.8, 4) is 0 Å². The Hall–Kier alpha value is -2.48. The van der Waals surface area contributed by atoms with Crippen LogP contribution in [0.3, 0.4) is 0 Å². The van der Waals surface area contributed by atoms with E-state index in [9.17, 15) is 19.7 Å². The molecule has 7 nitrogen and oxygen atoms in total. The van der Waals surface area contributed by atoms with Gasteiger partial charge in [-0.1, -0.05) is 0 Å². The minimum atomic E-state index is -0.576. The first-order chi connectivity index (χ1) is 9.88. The van der Waals surface area contributed by atoms with Gasteiger partial charge in [-0.2, -0.15) is 0 Å². The lowest BCUT2D eigenvalue weighted by molar-refractivity contribution is -0.385. The Morgan fingerprint density at radius 2 is 2.05 bits per heavy atom. The molecule has 0 aliphatic heterocycles. The zero-order chi connectivity index (χ0) is 15.6. The van der Waals surface area contributed by atoms with Crippen LogP contribution in [0.4, 0.5) is 11.4 Å². The summed E-state index contributed by atoms with van der Waals surface area (Å²) in [6.45, 7) is 0. The molecule has 0 aliphatic carbocycles. The molecule has 1 amide bonds. The first kappa shape index (κ1) is 14.9. The number of hydrogen-bond acceptors (Lipinski definition) is 4. The molecule has 1 N–H and O–H groups in total. The second kappa shape index (κ2) is 5.88.